The number of halogens is 2. The van der Waals surface area contributed by atoms with Gasteiger partial charge in [0.15, 0.2) is 0 Å². The third-order valence-electron chi connectivity index (χ3n) is 4.60. The van der Waals surface area contributed by atoms with Gasteiger partial charge in [0.05, 0.1) is 0 Å². The monoisotopic (exact) mass is 238 g/mol. The topological polar surface area (TPSA) is 0 Å². The molecule has 0 spiro atoms. The van der Waals surface area contributed by atoms with Crippen LogP contribution in [0.5, 0.6) is 0 Å². The summed E-state index contributed by atoms with van der Waals surface area (Å²) in [6.45, 7) is 0. The van der Waals surface area contributed by atoms with Crippen molar-refractivity contribution < 1.29 is 4.39 Å². The number of benzene rings is 1. The van der Waals surface area contributed by atoms with Crippen molar-refractivity contribution in [3.63, 3.8) is 0 Å². The number of hydrogen-bond acceptors (Lipinski definition) is 0. The Labute approximate surface area is 101 Å². The van der Waals surface area contributed by atoms with Crippen molar-refractivity contribution >= 4 is 11.6 Å². The Kier molecular flexibility index (Phi) is 2.29. The summed E-state index contributed by atoms with van der Waals surface area (Å²) in [6.07, 6.45) is 6.29. The van der Waals surface area contributed by atoms with E-state index in [0.29, 0.717) is 0 Å². The largest absolute Gasteiger partial charge is 0.207 e. The van der Waals surface area contributed by atoms with Crippen molar-refractivity contribution in [3.05, 3.63) is 35.6 Å². The lowest BCUT2D eigenvalue weighted by Crippen LogP contribution is -2.45. The van der Waals surface area contributed by atoms with E-state index in [1.165, 1.54) is 0 Å². The molecule has 3 aliphatic rings. The molecular weight excluding hydrogens is 223 g/mol. The fourth-order valence-electron chi connectivity index (χ4n) is 3.44. The molecule has 3 fully saturated rings. The van der Waals surface area contributed by atoms with Crippen LogP contribution in [0.4, 0.5) is 4.39 Å². The molecular formula is C14H16ClF. The van der Waals surface area contributed by atoms with E-state index >= 15 is 0 Å². The molecule has 0 heterocycles. The molecule has 0 aliphatic heterocycles. The van der Waals surface area contributed by atoms with Gasteiger partial charge in [-0.15, -0.1) is 11.6 Å². The van der Waals surface area contributed by atoms with Gasteiger partial charge in [0.25, 0.3) is 0 Å². The summed E-state index contributed by atoms with van der Waals surface area (Å²) in [5.41, 5.74) is 1.01. The first-order valence-corrected chi connectivity index (χ1v) is 6.45. The van der Waals surface area contributed by atoms with E-state index in [4.69, 9.17) is 11.6 Å². The fourth-order valence-corrected chi connectivity index (χ4v) is 3.72. The van der Waals surface area contributed by atoms with Gasteiger partial charge in [-0.25, -0.2) is 4.39 Å². The molecule has 0 nitrogen and oxygen atoms in total. The van der Waals surface area contributed by atoms with E-state index in [-0.39, 0.29) is 16.1 Å². The van der Waals surface area contributed by atoms with E-state index in [2.05, 4.69) is 0 Å². The first kappa shape index (κ1) is 10.6. The van der Waals surface area contributed by atoms with E-state index < -0.39 is 0 Å². The molecule has 0 amide bonds. The van der Waals surface area contributed by atoms with Gasteiger partial charge in [0.2, 0.25) is 0 Å². The average Bonchev–Trinajstić information content (AvgIpc) is 2.31. The van der Waals surface area contributed by atoms with E-state index in [1.54, 1.807) is 12.1 Å². The Morgan fingerprint density at radius 3 is 2.06 bits per heavy atom. The summed E-state index contributed by atoms with van der Waals surface area (Å²) in [5.74, 6) is -0.0357. The Bertz CT molecular complexity index is 388. The summed E-state index contributed by atoms with van der Waals surface area (Å²) in [6, 6.07) is 7.26. The number of hydrogen-bond donors (Lipinski definition) is 0. The molecule has 2 bridgehead atoms. The van der Waals surface area contributed by atoms with Gasteiger partial charge in [-0.05, 0) is 55.6 Å². The van der Waals surface area contributed by atoms with Gasteiger partial charge in [0, 0.05) is 4.87 Å². The highest BCUT2D eigenvalue weighted by atomic mass is 35.5. The first-order valence-electron chi connectivity index (χ1n) is 6.08. The quantitative estimate of drug-likeness (QED) is 0.636. The zero-order valence-corrected chi connectivity index (χ0v) is 10.1. The van der Waals surface area contributed by atoms with Crippen LogP contribution in [0.3, 0.4) is 0 Å². The molecule has 0 aromatic heterocycles. The van der Waals surface area contributed by atoms with Crippen LogP contribution < -0.4 is 0 Å². The minimum absolute atomic E-state index is 0.0347. The summed E-state index contributed by atoms with van der Waals surface area (Å²) >= 11 is 6.49. The van der Waals surface area contributed by atoms with Gasteiger partial charge in [-0.2, -0.15) is 0 Å². The second kappa shape index (κ2) is 3.46. The van der Waals surface area contributed by atoms with Crippen LogP contribution in [0.25, 0.3) is 0 Å². The summed E-state index contributed by atoms with van der Waals surface area (Å²) in [4.78, 5) is 0.0347. The van der Waals surface area contributed by atoms with E-state index in [9.17, 15) is 4.39 Å². The van der Waals surface area contributed by atoms with Gasteiger partial charge in [-0.3, -0.25) is 0 Å². The van der Waals surface area contributed by atoms with Crippen LogP contribution in [0.2, 0.25) is 0 Å². The zero-order chi connectivity index (χ0) is 11.2. The predicted molar refractivity (Wildman–Crippen MR) is 64.4 cm³/mol. The molecule has 0 N–H and O–H groups in total. The van der Waals surface area contributed by atoms with Crippen LogP contribution in [0.1, 0.15) is 44.1 Å². The Hall–Kier alpha value is -0.560. The maximum Gasteiger partial charge on any atom is 0.126 e. The second-order valence-electron chi connectivity index (χ2n) is 5.41. The van der Waals surface area contributed by atoms with Crippen molar-refractivity contribution in [2.45, 2.75) is 48.8 Å². The lowest BCUT2D eigenvalue weighted by Gasteiger charge is -2.51. The third kappa shape index (κ3) is 1.48. The maximum atomic E-state index is 13.9. The lowest BCUT2D eigenvalue weighted by molar-refractivity contribution is 0.150. The predicted octanol–water partition coefficient (Wildman–Crippen LogP) is 4.41. The highest BCUT2D eigenvalue weighted by Crippen LogP contribution is 2.56. The molecule has 16 heavy (non-hydrogen) atoms. The second-order valence-corrected chi connectivity index (χ2v) is 6.21. The van der Waals surface area contributed by atoms with E-state index in [0.717, 1.165) is 44.1 Å². The van der Waals surface area contributed by atoms with Crippen LogP contribution in [0.15, 0.2) is 24.3 Å². The Balaban J connectivity index is 1.99. The lowest BCUT2D eigenvalue weighted by atomic mass is 9.57. The van der Waals surface area contributed by atoms with Crippen molar-refractivity contribution in [2.24, 2.45) is 0 Å². The number of alkyl halides is 1. The molecule has 1 aromatic carbocycles. The van der Waals surface area contributed by atoms with Gasteiger partial charge < -0.3 is 0 Å². The number of rotatable bonds is 1. The van der Waals surface area contributed by atoms with Crippen LogP contribution in [-0.2, 0) is 5.41 Å². The van der Waals surface area contributed by atoms with Crippen LogP contribution in [0, 0.1) is 5.82 Å². The molecule has 4 rings (SSSR count). The highest BCUT2D eigenvalue weighted by Gasteiger charge is 2.49. The van der Waals surface area contributed by atoms with Gasteiger partial charge in [0.1, 0.15) is 5.82 Å². The van der Waals surface area contributed by atoms with Gasteiger partial charge >= 0.3 is 0 Å². The molecule has 1 aromatic rings. The normalized spacial score (nSPS) is 37.6. The van der Waals surface area contributed by atoms with Crippen LogP contribution >= 0.6 is 11.6 Å². The molecule has 86 valence electrons. The summed E-state index contributed by atoms with van der Waals surface area (Å²) < 4.78 is 13.9. The molecule has 3 saturated carbocycles. The zero-order valence-electron chi connectivity index (χ0n) is 9.31. The van der Waals surface area contributed by atoms with Crippen molar-refractivity contribution in [1.82, 2.24) is 0 Å². The Morgan fingerprint density at radius 2 is 1.50 bits per heavy atom. The van der Waals surface area contributed by atoms with Crippen molar-refractivity contribution in [2.75, 3.05) is 0 Å². The SMILES string of the molecule is Fc1ccccc1C12CCC(Cl)(CC1)CC2. The highest BCUT2D eigenvalue weighted by molar-refractivity contribution is 6.24. The molecule has 0 unspecified atom stereocenters. The third-order valence-corrected chi connectivity index (χ3v) is 5.17. The van der Waals surface area contributed by atoms with Crippen LogP contribution in [-0.4, -0.2) is 4.87 Å². The Morgan fingerprint density at radius 1 is 0.938 bits per heavy atom. The fraction of sp³-hybridized carbons (Fsp3) is 0.571. The molecule has 0 atom stereocenters. The summed E-state index contributed by atoms with van der Waals surface area (Å²) in [7, 11) is 0. The smallest absolute Gasteiger partial charge is 0.126 e. The molecule has 2 heteroatoms. The van der Waals surface area contributed by atoms with Gasteiger partial charge in [-0.1, -0.05) is 18.2 Å². The maximum absolute atomic E-state index is 13.9. The molecule has 0 saturated heterocycles. The summed E-state index contributed by atoms with van der Waals surface area (Å²) in [5, 5.41) is 0. The minimum Gasteiger partial charge on any atom is -0.207 e. The van der Waals surface area contributed by atoms with E-state index in [1.807, 2.05) is 12.1 Å². The first-order chi connectivity index (χ1) is 7.64. The molecule has 3 aliphatic carbocycles. The minimum atomic E-state index is -0.0357. The van der Waals surface area contributed by atoms with Crippen molar-refractivity contribution in [1.29, 1.82) is 0 Å². The number of fused-ring (bicyclic) bond motifs is 3. The standard InChI is InChI=1S/C14H16ClF/c15-14-8-5-13(6-9-14,7-10-14)11-3-1-2-4-12(11)16/h1-4H,5-10H2. The average molecular weight is 239 g/mol. The van der Waals surface area contributed by atoms with Crippen molar-refractivity contribution in [3.8, 4) is 0 Å². The molecule has 0 radical (unpaired) electrons.